The molecule has 35 heavy (non-hydrogen) atoms. The highest BCUT2D eigenvalue weighted by Crippen LogP contribution is 2.44. The van der Waals surface area contributed by atoms with Crippen molar-refractivity contribution < 1.29 is 24.2 Å². The second-order valence-electron chi connectivity index (χ2n) is 10.2. The van der Waals surface area contributed by atoms with Gasteiger partial charge in [0, 0.05) is 18.5 Å². The van der Waals surface area contributed by atoms with Gasteiger partial charge >= 0.3 is 12.1 Å². The van der Waals surface area contributed by atoms with E-state index < -0.39 is 23.5 Å². The third-order valence-electron chi connectivity index (χ3n) is 8.04. The molecule has 7 nitrogen and oxygen atoms in total. The van der Waals surface area contributed by atoms with Crippen LogP contribution in [-0.2, 0) is 14.3 Å². The summed E-state index contributed by atoms with van der Waals surface area (Å²) >= 11 is 0. The molecule has 7 heteroatoms. The van der Waals surface area contributed by atoms with Crippen molar-refractivity contribution in [3.05, 3.63) is 59.7 Å². The van der Waals surface area contributed by atoms with E-state index in [0.29, 0.717) is 25.7 Å². The number of carboxylic acid groups (broad SMARTS) is 1. The Bertz CT molecular complexity index is 1090. The molecule has 0 spiro atoms. The highest BCUT2D eigenvalue weighted by molar-refractivity contribution is 5.91. The molecule has 3 aliphatic rings. The third-order valence-corrected chi connectivity index (χ3v) is 8.04. The molecule has 1 saturated heterocycles. The number of ether oxygens (including phenoxy) is 1. The first-order valence-electron chi connectivity index (χ1n) is 12.6. The molecular weight excluding hydrogens is 444 g/mol. The number of hydrogen-bond donors (Lipinski definition) is 2. The molecule has 184 valence electrons. The summed E-state index contributed by atoms with van der Waals surface area (Å²) < 4.78 is 5.74. The minimum Gasteiger partial charge on any atom is -0.481 e. The molecule has 0 aromatic heterocycles. The molecule has 2 atom stereocenters. The minimum atomic E-state index is -1.03. The molecule has 2 aromatic carbocycles. The largest absolute Gasteiger partial charge is 0.481 e. The second kappa shape index (κ2) is 9.36. The van der Waals surface area contributed by atoms with Gasteiger partial charge in [-0.1, -0.05) is 61.4 Å². The monoisotopic (exact) mass is 476 g/mol. The number of nitrogens with zero attached hydrogens (tertiary/aromatic N) is 1. The lowest BCUT2D eigenvalue weighted by Crippen LogP contribution is -2.61. The summed E-state index contributed by atoms with van der Waals surface area (Å²) in [5.41, 5.74) is 3.56. The lowest BCUT2D eigenvalue weighted by Gasteiger charge is -2.42. The zero-order valence-corrected chi connectivity index (χ0v) is 20.0. The molecule has 1 aliphatic heterocycles. The molecule has 5 rings (SSSR count). The third kappa shape index (κ3) is 4.28. The molecule has 2 N–H and O–H groups in total. The SMILES string of the molecule is CC1CCC(C(=O)O)CN1C(=O)C1(NC(=O)OCC2c3ccccc3-c3ccccc32)CCCC1. The van der Waals surface area contributed by atoms with E-state index in [-0.39, 0.29) is 31.0 Å². The standard InChI is InChI=1S/C28H32N2O5/c1-18-12-13-19(25(31)32)16-30(18)26(33)28(14-6-7-15-28)29-27(34)35-17-24-22-10-4-2-8-20(22)21-9-3-5-11-23(21)24/h2-5,8-11,18-19,24H,6-7,12-17H2,1H3,(H,29,34)(H,31,32). The number of carbonyl (C=O) groups excluding carboxylic acids is 2. The zero-order chi connectivity index (χ0) is 24.6. The number of benzene rings is 2. The fourth-order valence-corrected chi connectivity index (χ4v) is 6.07. The van der Waals surface area contributed by atoms with Crippen LogP contribution in [0.25, 0.3) is 11.1 Å². The number of alkyl carbamates (subject to hydrolysis) is 1. The van der Waals surface area contributed by atoms with Crippen molar-refractivity contribution in [2.45, 2.75) is 62.9 Å². The highest BCUT2D eigenvalue weighted by atomic mass is 16.5. The normalized spacial score (nSPS) is 22.8. The first kappa shape index (κ1) is 23.4. The van der Waals surface area contributed by atoms with Crippen LogP contribution in [0.5, 0.6) is 0 Å². The van der Waals surface area contributed by atoms with Crippen LogP contribution in [0, 0.1) is 5.92 Å². The van der Waals surface area contributed by atoms with Gasteiger partial charge in [0.2, 0.25) is 5.91 Å². The van der Waals surface area contributed by atoms with E-state index in [1.54, 1.807) is 4.90 Å². The van der Waals surface area contributed by atoms with Gasteiger partial charge in [0.25, 0.3) is 0 Å². The number of amides is 2. The van der Waals surface area contributed by atoms with E-state index in [1.165, 1.54) is 0 Å². The Morgan fingerprint density at radius 3 is 2.20 bits per heavy atom. The van der Waals surface area contributed by atoms with E-state index >= 15 is 0 Å². The molecular formula is C28H32N2O5. The predicted molar refractivity (Wildman–Crippen MR) is 131 cm³/mol. The zero-order valence-electron chi connectivity index (χ0n) is 20.0. The number of carbonyl (C=O) groups is 3. The molecule has 2 aromatic rings. The van der Waals surface area contributed by atoms with Gasteiger partial charge in [-0.2, -0.15) is 0 Å². The summed E-state index contributed by atoms with van der Waals surface area (Å²) in [6.45, 7) is 2.32. The quantitative estimate of drug-likeness (QED) is 0.660. The van der Waals surface area contributed by atoms with E-state index in [1.807, 2.05) is 31.2 Å². The van der Waals surface area contributed by atoms with Crippen LogP contribution in [0.3, 0.4) is 0 Å². The van der Waals surface area contributed by atoms with E-state index in [2.05, 4.69) is 29.6 Å². The smallest absolute Gasteiger partial charge is 0.408 e. The van der Waals surface area contributed by atoms with E-state index in [4.69, 9.17) is 4.74 Å². The van der Waals surface area contributed by atoms with Gasteiger partial charge in [0.05, 0.1) is 5.92 Å². The van der Waals surface area contributed by atoms with Gasteiger partial charge < -0.3 is 20.1 Å². The van der Waals surface area contributed by atoms with Crippen LogP contribution in [0.1, 0.15) is 62.5 Å². The fourth-order valence-electron chi connectivity index (χ4n) is 6.07. The van der Waals surface area contributed by atoms with Gasteiger partial charge in [0.1, 0.15) is 12.1 Å². The lowest BCUT2D eigenvalue weighted by molar-refractivity contribution is -0.149. The molecule has 2 amide bonds. The number of hydrogen-bond acceptors (Lipinski definition) is 4. The number of likely N-dealkylation sites (tertiary alicyclic amines) is 1. The van der Waals surface area contributed by atoms with Crippen LogP contribution in [0.15, 0.2) is 48.5 Å². The number of carboxylic acids is 1. The average Bonchev–Trinajstić information content (AvgIpc) is 3.46. The maximum atomic E-state index is 13.7. The summed E-state index contributed by atoms with van der Waals surface area (Å²) in [5.74, 6) is -1.67. The predicted octanol–water partition coefficient (Wildman–Crippen LogP) is 4.55. The lowest BCUT2D eigenvalue weighted by atomic mass is 9.89. The van der Waals surface area contributed by atoms with Crippen LogP contribution in [0.4, 0.5) is 4.79 Å². The maximum Gasteiger partial charge on any atom is 0.408 e. The molecule has 1 saturated carbocycles. The number of piperidine rings is 1. The summed E-state index contributed by atoms with van der Waals surface area (Å²) in [5, 5.41) is 12.4. The summed E-state index contributed by atoms with van der Waals surface area (Å²) in [6.07, 6.45) is 3.35. The van der Waals surface area contributed by atoms with Crippen molar-refractivity contribution in [2.75, 3.05) is 13.2 Å². The topological polar surface area (TPSA) is 95.9 Å². The Labute approximate surface area is 205 Å². The molecule has 0 radical (unpaired) electrons. The fraction of sp³-hybridized carbons (Fsp3) is 0.464. The van der Waals surface area contributed by atoms with Crippen molar-refractivity contribution in [1.82, 2.24) is 10.2 Å². The molecule has 1 heterocycles. The van der Waals surface area contributed by atoms with Crippen molar-refractivity contribution in [2.24, 2.45) is 5.92 Å². The summed E-state index contributed by atoms with van der Waals surface area (Å²) in [7, 11) is 0. The van der Waals surface area contributed by atoms with Crippen molar-refractivity contribution in [3.8, 4) is 11.1 Å². The Kier molecular flexibility index (Phi) is 6.26. The van der Waals surface area contributed by atoms with Gasteiger partial charge in [-0.05, 0) is 54.9 Å². The highest BCUT2D eigenvalue weighted by Gasteiger charge is 2.48. The average molecular weight is 477 g/mol. The van der Waals surface area contributed by atoms with Gasteiger partial charge in [-0.15, -0.1) is 0 Å². The molecule has 2 fully saturated rings. The first-order valence-corrected chi connectivity index (χ1v) is 12.6. The van der Waals surface area contributed by atoms with Crippen molar-refractivity contribution in [3.63, 3.8) is 0 Å². The van der Waals surface area contributed by atoms with Gasteiger partial charge in [0.15, 0.2) is 0 Å². The number of aliphatic carboxylic acids is 1. The van der Waals surface area contributed by atoms with Gasteiger partial charge in [-0.3, -0.25) is 9.59 Å². The Balaban J connectivity index is 1.29. The Hall–Kier alpha value is -3.35. The van der Waals surface area contributed by atoms with Crippen LogP contribution < -0.4 is 5.32 Å². The first-order chi connectivity index (χ1) is 16.9. The molecule has 2 unspecified atom stereocenters. The van der Waals surface area contributed by atoms with E-state index in [9.17, 15) is 19.5 Å². The van der Waals surface area contributed by atoms with E-state index in [0.717, 1.165) is 35.1 Å². The van der Waals surface area contributed by atoms with Crippen LogP contribution in [-0.4, -0.2) is 52.7 Å². The molecule has 2 aliphatic carbocycles. The minimum absolute atomic E-state index is 0.0539. The maximum absolute atomic E-state index is 13.7. The Morgan fingerprint density at radius 1 is 1.00 bits per heavy atom. The van der Waals surface area contributed by atoms with Crippen molar-refractivity contribution >= 4 is 18.0 Å². The number of fused-ring (bicyclic) bond motifs is 3. The molecule has 0 bridgehead atoms. The van der Waals surface area contributed by atoms with Crippen molar-refractivity contribution in [1.29, 1.82) is 0 Å². The van der Waals surface area contributed by atoms with Crippen LogP contribution >= 0.6 is 0 Å². The number of nitrogens with one attached hydrogen (secondary N) is 1. The summed E-state index contributed by atoms with van der Waals surface area (Å²) in [6, 6.07) is 16.3. The Morgan fingerprint density at radius 2 is 1.60 bits per heavy atom. The van der Waals surface area contributed by atoms with Crippen LogP contribution in [0.2, 0.25) is 0 Å². The number of rotatable bonds is 5. The second-order valence-corrected chi connectivity index (χ2v) is 10.2. The van der Waals surface area contributed by atoms with Gasteiger partial charge in [-0.25, -0.2) is 4.79 Å². The summed E-state index contributed by atoms with van der Waals surface area (Å²) in [4.78, 5) is 39.9.